The summed E-state index contributed by atoms with van der Waals surface area (Å²) >= 11 is 0. The number of piperidine rings is 1. The van der Waals surface area contributed by atoms with E-state index in [-0.39, 0.29) is 17.6 Å². The molecular weight excluding hydrogens is 261 g/mol. The van der Waals surface area contributed by atoms with Gasteiger partial charge in [0.05, 0.1) is 5.92 Å². The zero-order valence-corrected chi connectivity index (χ0v) is 11.4. The normalized spacial score (nSPS) is 18.7. The van der Waals surface area contributed by atoms with Gasteiger partial charge in [0.1, 0.15) is 5.82 Å². The number of benzene rings is 1. The third-order valence-corrected chi connectivity index (χ3v) is 3.54. The summed E-state index contributed by atoms with van der Waals surface area (Å²) in [6, 6.07) is 4.05. The molecule has 1 heterocycles. The molecule has 0 aromatic heterocycles. The molecule has 1 aromatic carbocycles. The van der Waals surface area contributed by atoms with Crippen LogP contribution in [0.1, 0.15) is 18.4 Å². The van der Waals surface area contributed by atoms with E-state index in [1.165, 1.54) is 11.0 Å². The molecule has 6 heteroatoms. The first-order valence-corrected chi connectivity index (χ1v) is 6.59. The summed E-state index contributed by atoms with van der Waals surface area (Å²) in [6.45, 7) is 2.56. The Morgan fingerprint density at radius 1 is 1.45 bits per heavy atom. The Balaban J connectivity index is 2.00. The van der Waals surface area contributed by atoms with Gasteiger partial charge in [0.2, 0.25) is 5.91 Å². The Labute approximate surface area is 116 Å². The van der Waals surface area contributed by atoms with Gasteiger partial charge in [0.25, 0.3) is 0 Å². The standard InChI is InChI=1S/C14H18FN3O2/c1-9-4-5-11(7-12(9)15)17-13(19)10-3-2-6-18(8-10)14(16)20/h4-5,7,10H,2-3,6,8H2,1H3,(H2,16,20)(H,17,19)/t10-/m0/s1. The van der Waals surface area contributed by atoms with Crippen LogP contribution in [0.15, 0.2) is 18.2 Å². The van der Waals surface area contributed by atoms with E-state index < -0.39 is 6.03 Å². The van der Waals surface area contributed by atoms with Crippen LogP contribution in [0.2, 0.25) is 0 Å². The maximum absolute atomic E-state index is 13.4. The lowest BCUT2D eigenvalue weighted by Crippen LogP contribution is -2.46. The van der Waals surface area contributed by atoms with Crippen LogP contribution in [0, 0.1) is 18.7 Å². The Kier molecular flexibility index (Phi) is 4.22. The van der Waals surface area contributed by atoms with Crippen LogP contribution in [0.4, 0.5) is 14.9 Å². The van der Waals surface area contributed by atoms with Crippen molar-refractivity contribution in [3.05, 3.63) is 29.6 Å². The van der Waals surface area contributed by atoms with Gasteiger partial charge in [0.15, 0.2) is 0 Å². The van der Waals surface area contributed by atoms with E-state index in [0.29, 0.717) is 30.8 Å². The first-order valence-electron chi connectivity index (χ1n) is 6.59. The average Bonchev–Trinajstić information content (AvgIpc) is 2.43. The van der Waals surface area contributed by atoms with Crippen molar-refractivity contribution >= 4 is 17.6 Å². The maximum atomic E-state index is 13.4. The number of nitrogens with two attached hydrogens (primary N) is 1. The molecule has 0 saturated carbocycles. The summed E-state index contributed by atoms with van der Waals surface area (Å²) in [5.41, 5.74) is 6.18. The van der Waals surface area contributed by atoms with Crippen LogP contribution in [0.25, 0.3) is 0 Å². The molecule has 108 valence electrons. The molecule has 0 unspecified atom stereocenters. The number of carbonyl (C=O) groups is 2. The first-order chi connectivity index (χ1) is 9.47. The van der Waals surface area contributed by atoms with Gasteiger partial charge in [-0.1, -0.05) is 6.07 Å². The van der Waals surface area contributed by atoms with Crippen molar-refractivity contribution in [2.24, 2.45) is 11.7 Å². The van der Waals surface area contributed by atoms with Crippen LogP contribution in [0.5, 0.6) is 0 Å². The molecule has 0 bridgehead atoms. The molecule has 1 fully saturated rings. The highest BCUT2D eigenvalue weighted by molar-refractivity contribution is 5.93. The molecule has 20 heavy (non-hydrogen) atoms. The number of hydrogen-bond donors (Lipinski definition) is 2. The fourth-order valence-electron chi connectivity index (χ4n) is 2.31. The van der Waals surface area contributed by atoms with Gasteiger partial charge in [-0.25, -0.2) is 9.18 Å². The van der Waals surface area contributed by atoms with E-state index in [0.717, 1.165) is 6.42 Å². The highest BCUT2D eigenvalue weighted by Gasteiger charge is 2.27. The molecule has 3 N–H and O–H groups in total. The number of urea groups is 1. The van der Waals surface area contributed by atoms with Gasteiger partial charge >= 0.3 is 6.03 Å². The van der Waals surface area contributed by atoms with Gasteiger partial charge < -0.3 is 16.0 Å². The lowest BCUT2D eigenvalue weighted by Gasteiger charge is -2.30. The van der Waals surface area contributed by atoms with E-state index >= 15 is 0 Å². The summed E-state index contributed by atoms with van der Waals surface area (Å²) in [7, 11) is 0. The smallest absolute Gasteiger partial charge is 0.314 e. The minimum atomic E-state index is -0.510. The van der Waals surface area contributed by atoms with Crippen molar-refractivity contribution in [3.8, 4) is 0 Å². The molecule has 1 aliphatic rings. The molecule has 5 nitrogen and oxygen atoms in total. The van der Waals surface area contributed by atoms with Gasteiger partial charge in [-0.05, 0) is 37.5 Å². The lowest BCUT2D eigenvalue weighted by molar-refractivity contribution is -0.121. The maximum Gasteiger partial charge on any atom is 0.314 e. The second-order valence-corrected chi connectivity index (χ2v) is 5.08. The van der Waals surface area contributed by atoms with Crippen molar-refractivity contribution < 1.29 is 14.0 Å². The zero-order valence-electron chi connectivity index (χ0n) is 11.4. The molecule has 1 aromatic rings. The Bertz CT molecular complexity index is 533. The summed E-state index contributed by atoms with van der Waals surface area (Å²) in [5.74, 6) is -0.870. The second kappa shape index (κ2) is 5.90. The molecule has 0 radical (unpaired) electrons. The van der Waals surface area contributed by atoms with Crippen molar-refractivity contribution in [1.29, 1.82) is 0 Å². The summed E-state index contributed by atoms with van der Waals surface area (Å²) in [5, 5.41) is 2.68. The second-order valence-electron chi connectivity index (χ2n) is 5.08. The fourth-order valence-corrected chi connectivity index (χ4v) is 2.31. The predicted octanol–water partition coefficient (Wildman–Crippen LogP) is 1.86. The SMILES string of the molecule is Cc1ccc(NC(=O)[C@H]2CCCN(C(N)=O)C2)cc1F. The molecule has 0 spiro atoms. The largest absolute Gasteiger partial charge is 0.351 e. The van der Waals surface area contributed by atoms with E-state index in [1.807, 2.05) is 0 Å². The van der Waals surface area contributed by atoms with Crippen LogP contribution in [0.3, 0.4) is 0 Å². The highest BCUT2D eigenvalue weighted by Crippen LogP contribution is 2.19. The minimum Gasteiger partial charge on any atom is -0.351 e. The number of primary amides is 1. The van der Waals surface area contributed by atoms with Crippen molar-refractivity contribution in [2.75, 3.05) is 18.4 Å². The molecular formula is C14H18FN3O2. The number of aryl methyl sites for hydroxylation is 1. The third kappa shape index (κ3) is 3.26. The molecule has 3 amide bonds. The zero-order chi connectivity index (χ0) is 14.7. The fraction of sp³-hybridized carbons (Fsp3) is 0.429. The van der Waals surface area contributed by atoms with E-state index in [1.54, 1.807) is 19.1 Å². The summed E-state index contributed by atoms with van der Waals surface area (Å²) < 4.78 is 13.4. The van der Waals surface area contributed by atoms with Crippen molar-refractivity contribution in [1.82, 2.24) is 4.90 Å². The number of halogens is 1. The predicted molar refractivity (Wildman–Crippen MR) is 73.6 cm³/mol. The molecule has 1 atom stereocenters. The minimum absolute atomic E-state index is 0.209. The molecule has 0 aliphatic carbocycles. The van der Waals surface area contributed by atoms with Crippen LogP contribution < -0.4 is 11.1 Å². The quantitative estimate of drug-likeness (QED) is 0.867. The van der Waals surface area contributed by atoms with Gasteiger partial charge in [0, 0.05) is 18.8 Å². The van der Waals surface area contributed by atoms with E-state index in [4.69, 9.17) is 5.73 Å². The van der Waals surface area contributed by atoms with Crippen LogP contribution >= 0.6 is 0 Å². The molecule has 2 rings (SSSR count). The van der Waals surface area contributed by atoms with Crippen LogP contribution in [-0.2, 0) is 4.79 Å². The summed E-state index contributed by atoms with van der Waals surface area (Å²) in [6.07, 6.45) is 1.44. The molecule has 1 saturated heterocycles. The van der Waals surface area contributed by atoms with Gasteiger partial charge in [-0.15, -0.1) is 0 Å². The number of nitrogens with one attached hydrogen (secondary N) is 1. The van der Waals surface area contributed by atoms with Crippen LogP contribution in [-0.4, -0.2) is 29.9 Å². The number of likely N-dealkylation sites (tertiary alicyclic amines) is 1. The highest BCUT2D eigenvalue weighted by atomic mass is 19.1. The Morgan fingerprint density at radius 2 is 2.20 bits per heavy atom. The number of amides is 3. The van der Waals surface area contributed by atoms with Gasteiger partial charge in [-0.2, -0.15) is 0 Å². The molecule has 1 aliphatic heterocycles. The number of hydrogen-bond acceptors (Lipinski definition) is 2. The van der Waals surface area contributed by atoms with E-state index in [2.05, 4.69) is 5.32 Å². The number of rotatable bonds is 2. The summed E-state index contributed by atoms with van der Waals surface area (Å²) in [4.78, 5) is 24.7. The monoisotopic (exact) mass is 279 g/mol. The van der Waals surface area contributed by atoms with Gasteiger partial charge in [-0.3, -0.25) is 4.79 Å². The van der Waals surface area contributed by atoms with E-state index in [9.17, 15) is 14.0 Å². The topological polar surface area (TPSA) is 75.4 Å². The Hall–Kier alpha value is -2.11. The number of nitrogens with zero attached hydrogens (tertiary/aromatic N) is 1. The third-order valence-electron chi connectivity index (χ3n) is 3.54. The number of carbonyl (C=O) groups excluding carboxylic acids is 2. The van der Waals surface area contributed by atoms with Crippen molar-refractivity contribution in [3.63, 3.8) is 0 Å². The lowest BCUT2D eigenvalue weighted by atomic mass is 9.97. The first kappa shape index (κ1) is 14.3. The number of anilines is 1. The van der Waals surface area contributed by atoms with Crippen molar-refractivity contribution in [2.45, 2.75) is 19.8 Å². The average molecular weight is 279 g/mol. The Morgan fingerprint density at radius 3 is 2.85 bits per heavy atom.